The molecule has 2 aromatic rings. The van der Waals surface area contributed by atoms with Crippen molar-refractivity contribution >= 4 is 12.1 Å². The van der Waals surface area contributed by atoms with Crippen molar-refractivity contribution in [3.8, 4) is 5.75 Å². The highest BCUT2D eigenvalue weighted by molar-refractivity contribution is 5.93. The van der Waals surface area contributed by atoms with E-state index < -0.39 is 6.36 Å². The van der Waals surface area contributed by atoms with Crippen LogP contribution in [0.4, 0.5) is 13.2 Å². The fraction of sp³-hybridized carbons (Fsp3) is 0.400. The van der Waals surface area contributed by atoms with Crippen LogP contribution in [0.5, 0.6) is 5.75 Å². The molecule has 0 bridgehead atoms. The SMILES string of the molecule is C/C=C/n1c(C(=O)NCc2ccc(OC(F)(F)F)cc2)cnc1C1CCOCC1. The molecule has 0 radical (unpaired) electrons. The number of allylic oxidation sites excluding steroid dienone is 1. The fourth-order valence-corrected chi connectivity index (χ4v) is 3.19. The number of benzene rings is 1. The lowest BCUT2D eigenvalue weighted by molar-refractivity contribution is -0.274. The summed E-state index contributed by atoms with van der Waals surface area (Å²) in [6.07, 6.45) is 2.14. The summed E-state index contributed by atoms with van der Waals surface area (Å²) in [5.74, 6) is 0.428. The molecule has 1 N–H and O–H groups in total. The van der Waals surface area contributed by atoms with Crippen LogP contribution >= 0.6 is 0 Å². The monoisotopic (exact) mass is 409 g/mol. The highest BCUT2D eigenvalue weighted by Crippen LogP contribution is 2.27. The van der Waals surface area contributed by atoms with Crippen LogP contribution in [0, 0.1) is 0 Å². The summed E-state index contributed by atoms with van der Waals surface area (Å²) >= 11 is 0. The Balaban J connectivity index is 1.67. The molecule has 6 nitrogen and oxygen atoms in total. The summed E-state index contributed by atoms with van der Waals surface area (Å²) in [6, 6.07) is 5.36. The third-order valence-electron chi connectivity index (χ3n) is 4.55. The summed E-state index contributed by atoms with van der Waals surface area (Å²) in [6.45, 7) is 3.37. The van der Waals surface area contributed by atoms with Crippen LogP contribution in [-0.2, 0) is 11.3 Å². The molecule has 0 atom stereocenters. The van der Waals surface area contributed by atoms with Crippen LogP contribution in [0.3, 0.4) is 0 Å². The van der Waals surface area contributed by atoms with Crippen molar-refractivity contribution in [2.45, 2.75) is 38.6 Å². The number of aromatic nitrogens is 2. The van der Waals surface area contributed by atoms with Gasteiger partial charge in [0.25, 0.3) is 5.91 Å². The van der Waals surface area contributed by atoms with E-state index in [4.69, 9.17) is 4.74 Å². The maximum absolute atomic E-state index is 12.7. The first-order valence-corrected chi connectivity index (χ1v) is 9.28. The Kier molecular flexibility index (Phi) is 6.58. The first-order chi connectivity index (χ1) is 13.9. The zero-order valence-electron chi connectivity index (χ0n) is 15.9. The predicted molar refractivity (Wildman–Crippen MR) is 100 cm³/mol. The van der Waals surface area contributed by atoms with E-state index >= 15 is 0 Å². The van der Waals surface area contributed by atoms with E-state index in [1.807, 2.05) is 13.0 Å². The average molecular weight is 409 g/mol. The molecule has 1 fully saturated rings. The number of nitrogens with zero attached hydrogens (tertiary/aromatic N) is 2. The van der Waals surface area contributed by atoms with Crippen LogP contribution in [0.15, 0.2) is 36.5 Å². The third kappa shape index (κ3) is 5.60. The Morgan fingerprint density at radius 3 is 2.62 bits per heavy atom. The largest absolute Gasteiger partial charge is 0.573 e. The number of imidazole rings is 1. The van der Waals surface area contributed by atoms with E-state index in [1.54, 1.807) is 17.0 Å². The molecule has 9 heteroatoms. The van der Waals surface area contributed by atoms with Gasteiger partial charge in [0.2, 0.25) is 0 Å². The molecular formula is C20H22F3N3O3. The molecule has 1 aromatic carbocycles. The zero-order valence-corrected chi connectivity index (χ0v) is 15.9. The number of alkyl halides is 3. The number of hydrogen-bond donors (Lipinski definition) is 1. The topological polar surface area (TPSA) is 65.4 Å². The third-order valence-corrected chi connectivity index (χ3v) is 4.55. The van der Waals surface area contributed by atoms with Crippen LogP contribution in [0.1, 0.15) is 47.6 Å². The molecule has 0 unspecified atom stereocenters. The second-order valence-electron chi connectivity index (χ2n) is 6.62. The Bertz CT molecular complexity index is 854. The summed E-state index contributed by atoms with van der Waals surface area (Å²) in [5.41, 5.74) is 1.05. The highest BCUT2D eigenvalue weighted by Gasteiger charge is 2.31. The number of carbonyl (C=O) groups excluding carboxylic acids is 1. The minimum atomic E-state index is -4.73. The van der Waals surface area contributed by atoms with E-state index in [9.17, 15) is 18.0 Å². The molecule has 1 amide bonds. The van der Waals surface area contributed by atoms with Gasteiger partial charge < -0.3 is 14.8 Å². The van der Waals surface area contributed by atoms with Crippen LogP contribution in [0.25, 0.3) is 6.20 Å². The number of amides is 1. The normalized spacial score (nSPS) is 15.6. The molecule has 1 aromatic heterocycles. The first kappa shape index (κ1) is 20.9. The van der Waals surface area contributed by atoms with Gasteiger partial charge in [-0.1, -0.05) is 18.2 Å². The van der Waals surface area contributed by atoms with Crippen molar-refractivity contribution in [1.29, 1.82) is 0 Å². The molecular weight excluding hydrogens is 387 g/mol. The van der Waals surface area contributed by atoms with Crippen molar-refractivity contribution in [2.75, 3.05) is 13.2 Å². The number of carbonyl (C=O) groups is 1. The second-order valence-corrected chi connectivity index (χ2v) is 6.62. The van der Waals surface area contributed by atoms with Crippen molar-refractivity contribution < 1.29 is 27.4 Å². The number of halogens is 3. The van der Waals surface area contributed by atoms with E-state index in [1.165, 1.54) is 24.3 Å². The van der Waals surface area contributed by atoms with Crippen molar-refractivity contribution in [3.05, 3.63) is 53.6 Å². The number of rotatable bonds is 6. The number of nitrogens with one attached hydrogen (secondary N) is 1. The first-order valence-electron chi connectivity index (χ1n) is 9.28. The lowest BCUT2D eigenvalue weighted by Crippen LogP contribution is -2.25. The van der Waals surface area contributed by atoms with Gasteiger partial charge in [0.15, 0.2) is 0 Å². The Labute approximate surface area is 166 Å². The molecule has 1 saturated heterocycles. The molecule has 0 saturated carbocycles. The van der Waals surface area contributed by atoms with E-state index in [-0.39, 0.29) is 24.1 Å². The number of hydrogen-bond acceptors (Lipinski definition) is 4. The standard InChI is InChI=1S/C20H22F3N3O3/c1-2-9-26-17(13-24-18(26)15-7-10-28-11-8-15)19(27)25-12-14-3-5-16(6-4-14)29-20(21,22)23/h2-6,9,13,15H,7-8,10-12H2,1H3,(H,25,27)/b9-2+. The zero-order chi connectivity index (χ0) is 20.9. The van der Waals surface area contributed by atoms with Crippen LogP contribution in [0.2, 0.25) is 0 Å². The van der Waals surface area contributed by atoms with Gasteiger partial charge in [0, 0.05) is 31.9 Å². The van der Waals surface area contributed by atoms with Crippen molar-refractivity contribution in [2.24, 2.45) is 0 Å². The molecule has 3 rings (SSSR count). The van der Waals surface area contributed by atoms with Gasteiger partial charge in [0.1, 0.15) is 17.3 Å². The minimum absolute atomic E-state index is 0.165. The molecule has 0 spiro atoms. The number of ether oxygens (including phenoxy) is 2. The van der Waals surface area contributed by atoms with E-state index in [0.717, 1.165) is 18.7 Å². The second kappa shape index (κ2) is 9.13. The van der Waals surface area contributed by atoms with Gasteiger partial charge in [-0.05, 0) is 37.5 Å². The average Bonchev–Trinajstić information content (AvgIpc) is 3.11. The quantitative estimate of drug-likeness (QED) is 0.780. The minimum Gasteiger partial charge on any atom is -0.406 e. The molecule has 1 aliphatic heterocycles. The molecule has 2 heterocycles. The fourth-order valence-electron chi connectivity index (χ4n) is 3.19. The molecule has 156 valence electrons. The maximum Gasteiger partial charge on any atom is 0.573 e. The van der Waals surface area contributed by atoms with Gasteiger partial charge in [-0.3, -0.25) is 9.36 Å². The van der Waals surface area contributed by atoms with Gasteiger partial charge >= 0.3 is 6.36 Å². The summed E-state index contributed by atoms with van der Waals surface area (Å²) in [4.78, 5) is 17.1. The van der Waals surface area contributed by atoms with Crippen LogP contribution in [-0.4, -0.2) is 35.0 Å². The Morgan fingerprint density at radius 2 is 2.00 bits per heavy atom. The van der Waals surface area contributed by atoms with Crippen molar-refractivity contribution in [1.82, 2.24) is 14.9 Å². The molecule has 1 aliphatic rings. The Morgan fingerprint density at radius 1 is 1.31 bits per heavy atom. The van der Waals surface area contributed by atoms with Crippen LogP contribution < -0.4 is 10.1 Å². The molecule has 29 heavy (non-hydrogen) atoms. The van der Waals surface area contributed by atoms with Gasteiger partial charge in [-0.25, -0.2) is 4.98 Å². The van der Waals surface area contributed by atoms with E-state index in [0.29, 0.717) is 24.5 Å². The van der Waals surface area contributed by atoms with Gasteiger partial charge in [0.05, 0.1) is 6.20 Å². The van der Waals surface area contributed by atoms with Gasteiger partial charge in [-0.15, -0.1) is 13.2 Å². The summed E-state index contributed by atoms with van der Waals surface area (Å²) < 4.78 is 47.7. The predicted octanol–water partition coefficient (Wildman–Crippen LogP) is 4.10. The van der Waals surface area contributed by atoms with Crippen molar-refractivity contribution in [3.63, 3.8) is 0 Å². The van der Waals surface area contributed by atoms with E-state index in [2.05, 4.69) is 15.0 Å². The molecule has 0 aliphatic carbocycles. The lowest BCUT2D eigenvalue weighted by Gasteiger charge is -2.22. The highest BCUT2D eigenvalue weighted by atomic mass is 19.4. The maximum atomic E-state index is 12.7. The summed E-state index contributed by atoms with van der Waals surface area (Å²) in [7, 11) is 0. The summed E-state index contributed by atoms with van der Waals surface area (Å²) in [5, 5.41) is 2.78. The smallest absolute Gasteiger partial charge is 0.406 e. The van der Waals surface area contributed by atoms with Gasteiger partial charge in [-0.2, -0.15) is 0 Å². The lowest BCUT2D eigenvalue weighted by atomic mass is 9.99. The Hall–Kier alpha value is -2.81.